The van der Waals surface area contributed by atoms with Crippen LogP contribution < -0.4 is 4.74 Å². The van der Waals surface area contributed by atoms with Gasteiger partial charge in [0.15, 0.2) is 0 Å². The molecule has 0 bridgehead atoms. The fraction of sp³-hybridized carbons (Fsp3) is 0.615. The predicted octanol–water partition coefficient (Wildman–Crippen LogP) is 5.24. The number of pyridine rings is 1. The van der Waals surface area contributed by atoms with Gasteiger partial charge in [-0.05, 0) is 41.8 Å². The van der Waals surface area contributed by atoms with E-state index in [1.807, 2.05) is 0 Å². The molecule has 1 rings (SSSR count). The lowest BCUT2D eigenvalue weighted by atomic mass is 10.1. The minimum Gasteiger partial charge on any atom is -0.474 e. The second-order valence-electron chi connectivity index (χ2n) is 4.22. The molecule has 17 heavy (non-hydrogen) atoms. The van der Waals surface area contributed by atoms with Crippen molar-refractivity contribution in [1.82, 2.24) is 4.98 Å². The highest BCUT2D eigenvalue weighted by Gasteiger charge is 2.08. The van der Waals surface area contributed by atoms with Crippen molar-refractivity contribution in [3.8, 4) is 5.88 Å². The second kappa shape index (κ2) is 7.93. The van der Waals surface area contributed by atoms with Crippen molar-refractivity contribution in [2.24, 2.45) is 0 Å². The molecule has 0 N–H and O–H groups in total. The van der Waals surface area contributed by atoms with Crippen LogP contribution in [0, 0.1) is 0 Å². The molecule has 0 aliphatic heterocycles. The van der Waals surface area contributed by atoms with E-state index >= 15 is 0 Å². The lowest BCUT2D eigenvalue weighted by molar-refractivity contribution is 0.197. The highest BCUT2D eigenvalue weighted by molar-refractivity contribution is 9.10. The molecule has 0 spiro atoms. The number of hydrogen-bond acceptors (Lipinski definition) is 2. The summed E-state index contributed by atoms with van der Waals surface area (Å²) in [6.45, 7) is 4.29. The molecule has 0 fully saturated rings. The number of halogens is 2. The smallest absolute Gasteiger partial charge is 0.228 e. The molecule has 0 amide bonds. The zero-order valence-corrected chi connectivity index (χ0v) is 12.7. The van der Waals surface area contributed by atoms with Gasteiger partial charge in [0, 0.05) is 6.20 Å². The fourth-order valence-corrected chi connectivity index (χ4v) is 2.33. The van der Waals surface area contributed by atoms with Gasteiger partial charge in [-0.3, -0.25) is 0 Å². The minimum atomic E-state index is 0.192. The van der Waals surface area contributed by atoms with Crippen LogP contribution in [0.4, 0.5) is 0 Å². The molecule has 1 aromatic heterocycles. The maximum atomic E-state index is 5.82. The van der Waals surface area contributed by atoms with Gasteiger partial charge in [-0.2, -0.15) is 0 Å². The SMILES string of the molecule is CCCCCCC(C)Oc1ncc(Cl)cc1Br. The van der Waals surface area contributed by atoms with E-state index in [-0.39, 0.29) is 6.10 Å². The molecule has 0 aliphatic carbocycles. The summed E-state index contributed by atoms with van der Waals surface area (Å²) >= 11 is 9.22. The molecule has 1 atom stereocenters. The van der Waals surface area contributed by atoms with Gasteiger partial charge in [-0.1, -0.05) is 37.8 Å². The number of aromatic nitrogens is 1. The molecule has 0 aromatic carbocycles. The van der Waals surface area contributed by atoms with E-state index in [1.165, 1.54) is 25.7 Å². The lowest BCUT2D eigenvalue weighted by Gasteiger charge is -2.14. The summed E-state index contributed by atoms with van der Waals surface area (Å²) in [6.07, 6.45) is 7.91. The first-order chi connectivity index (χ1) is 8.13. The molecule has 0 saturated carbocycles. The molecule has 1 heterocycles. The summed E-state index contributed by atoms with van der Waals surface area (Å²) < 4.78 is 6.57. The normalized spacial score (nSPS) is 12.5. The number of unbranched alkanes of at least 4 members (excludes halogenated alkanes) is 3. The quantitative estimate of drug-likeness (QED) is 0.641. The molecule has 0 aliphatic rings. The van der Waals surface area contributed by atoms with Gasteiger partial charge in [-0.15, -0.1) is 0 Å². The van der Waals surface area contributed by atoms with E-state index in [0.29, 0.717) is 10.9 Å². The first-order valence-electron chi connectivity index (χ1n) is 6.11. The molecular formula is C13H19BrClNO. The summed E-state index contributed by atoms with van der Waals surface area (Å²) in [5.74, 6) is 0.623. The van der Waals surface area contributed by atoms with E-state index in [0.717, 1.165) is 10.9 Å². The van der Waals surface area contributed by atoms with Crippen LogP contribution in [-0.2, 0) is 0 Å². The average molecular weight is 321 g/mol. The Balaban J connectivity index is 2.37. The monoisotopic (exact) mass is 319 g/mol. The predicted molar refractivity (Wildman–Crippen MR) is 75.8 cm³/mol. The Kier molecular flexibility index (Phi) is 6.90. The van der Waals surface area contributed by atoms with Crippen molar-refractivity contribution in [2.45, 2.75) is 52.1 Å². The van der Waals surface area contributed by atoms with Gasteiger partial charge in [0.1, 0.15) is 0 Å². The summed E-state index contributed by atoms with van der Waals surface area (Å²) in [4.78, 5) is 4.16. The molecule has 96 valence electrons. The zero-order chi connectivity index (χ0) is 12.7. The fourth-order valence-electron chi connectivity index (χ4n) is 1.60. The van der Waals surface area contributed by atoms with Crippen molar-refractivity contribution >= 4 is 27.5 Å². The molecule has 0 saturated heterocycles. The first-order valence-corrected chi connectivity index (χ1v) is 7.28. The highest BCUT2D eigenvalue weighted by Crippen LogP contribution is 2.26. The van der Waals surface area contributed by atoms with E-state index < -0.39 is 0 Å². The van der Waals surface area contributed by atoms with Crippen LogP contribution >= 0.6 is 27.5 Å². The van der Waals surface area contributed by atoms with Crippen molar-refractivity contribution in [3.63, 3.8) is 0 Å². The maximum absolute atomic E-state index is 5.82. The standard InChI is InChI=1S/C13H19BrClNO/c1-3-4-5-6-7-10(2)17-13-12(14)8-11(15)9-16-13/h8-10H,3-7H2,1-2H3. The number of hydrogen-bond donors (Lipinski definition) is 0. The largest absolute Gasteiger partial charge is 0.474 e. The third kappa shape index (κ3) is 5.73. The number of ether oxygens (including phenoxy) is 1. The Hall–Kier alpha value is -0.280. The van der Waals surface area contributed by atoms with E-state index in [1.54, 1.807) is 12.3 Å². The average Bonchev–Trinajstić information content (AvgIpc) is 2.28. The van der Waals surface area contributed by atoms with Crippen LogP contribution in [0.3, 0.4) is 0 Å². The molecule has 0 radical (unpaired) electrons. The van der Waals surface area contributed by atoms with Gasteiger partial charge in [0.25, 0.3) is 0 Å². The van der Waals surface area contributed by atoms with Gasteiger partial charge < -0.3 is 4.74 Å². The van der Waals surface area contributed by atoms with Crippen LogP contribution in [0.1, 0.15) is 46.0 Å². The van der Waals surface area contributed by atoms with Crippen LogP contribution in [0.25, 0.3) is 0 Å². The van der Waals surface area contributed by atoms with Crippen molar-refractivity contribution in [2.75, 3.05) is 0 Å². The van der Waals surface area contributed by atoms with Crippen LogP contribution in [-0.4, -0.2) is 11.1 Å². The Morgan fingerprint density at radius 1 is 1.41 bits per heavy atom. The Bertz CT molecular complexity index is 346. The zero-order valence-electron chi connectivity index (χ0n) is 10.4. The van der Waals surface area contributed by atoms with E-state index in [9.17, 15) is 0 Å². The van der Waals surface area contributed by atoms with Crippen molar-refractivity contribution in [1.29, 1.82) is 0 Å². The first kappa shape index (κ1) is 14.8. The maximum Gasteiger partial charge on any atom is 0.228 e. The lowest BCUT2D eigenvalue weighted by Crippen LogP contribution is -2.12. The summed E-state index contributed by atoms with van der Waals surface area (Å²) in [6, 6.07) is 1.80. The summed E-state index contributed by atoms with van der Waals surface area (Å²) in [7, 11) is 0. The van der Waals surface area contributed by atoms with Gasteiger partial charge in [0.2, 0.25) is 5.88 Å². The van der Waals surface area contributed by atoms with Gasteiger partial charge in [0.05, 0.1) is 15.6 Å². The Labute approximate surface area is 117 Å². The molecule has 1 unspecified atom stereocenters. The molecule has 2 nitrogen and oxygen atoms in total. The van der Waals surface area contributed by atoms with E-state index in [2.05, 4.69) is 34.8 Å². The van der Waals surface area contributed by atoms with Crippen molar-refractivity contribution in [3.05, 3.63) is 21.8 Å². The number of rotatable bonds is 7. The Morgan fingerprint density at radius 3 is 2.82 bits per heavy atom. The minimum absolute atomic E-state index is 0.192. The van der Waals surface area contributed by atoms with Crippen LogP contribution in [0.15, 0.2) is 16.7 Å². The van der Waals surface area contributed by atoms with Gasteiger partial charge in [-0.25, -0.2) is 4.98 Å². The number of nitrogens with zero attached hydrogens (tertiary/aromatic N) is 1. The van der Waals surface area contributed by atoms with Crippen LogP contribution in [0.5, 0.6) is 5.88 Å². The molecule has 1 aromatic rings. The summed E-state index contributed by atoms with van der Waals surface area (Å²) in [5.41, 5.74) is 0. The Morgan fingerprint density at radius 2 is 2.18 bits per heavy atom. The molecular weight excluding hydrogens is 302 g/mol. The van der Waals surface area contributed by atoms with E-state index in [4.69, 9.17) is 16.3 Å². The molecule has 4 heteroatoms. The third-order valence-electron chi connectivity index (χ3n) is 2.55. The topological polar surface area (TPSA) is 22.1 Å². The summed E-state index contributed by atoms with van der Waals surface area (Å²) in [5, 5.41) is 0.611. The highest BCUT2D eigenvalue weighted by atomic mass is 79.9. The third-order valence-corrected chi connectivity index (χ3v) is 3.33. The van der Waals surface area contributed by atoms with Gasteiger partial charge >= 0.3 is 0 Å². The van der Waals surface area contributed by atoms with Crippen molar-refractivity contribution < 1.29 is 4.74 Å². The second-order valence-corrected chi connectivity index (χ2v) is 5.51. The van der Waals surface area contributed by atoms with Crippen LogP contribution in [0.2, 0.25) is 5.02 Å².